The monoisotopic (exact) mass is 305 g/mol. The summed E-state index contributed by atoms with van der Waals surface area (Å²) < 4.78 is 1.84. The number of benzene rings is 2. The highest BCUT2D eigenvalue weighted by molar-refractivity contribution is 5.94. The standard InChI is InChI=1S/C19H19N3O/c1-13(19(23)20-15-11-12-15)22-17-10-6-5-9-16(17)18(21-22)14-7-3-2-4-8-14/h2-10,13,15H,11-12H2,1H3,(H,20,23)/t13-/m1/s1. The van der Waals surface area contributed by atoms with Crippen LogP contribution in [0.3, 0.4) is 0 Å². The Balaban J connectivity index is 1.79. The average molecular weight is 305 g/mol. The largest absolute Gasteiger partial charge is 0.352 e. The van der Waals surface area contributed by atoms with Gasteiger partial charge in [0.1, 0.15) is 11.7 Å². The van der Waals surface area contributed by atoms with Gasteiger partial charge in [0, 0.05) is 17.0 Å². The number of rotatable bonds is 4. The van der Waals surface area contributed by atoms with E-state index in [4.69, 9.17) is 5.10 Å². The fraction of sp³-hybridized carbons (Fsp3) is 0.263. The molecule has 1 heterocycles. The molecule has 4 nitrogen and oxygen atoms in total. The quantitative estimate of drug-likeness (QED) is 0.801. The van der Waals surface area contributed by atoms with Crippen LogP contribution in [0.1, 0.15) is 25.8 Å². The van der Waals surface area contributed by atoms with E-state index in [1.54, 1.807) is 0 Å². The molecule has 4 rings (SSSR count). The molecule has 4 heteroatoms. The Morgan fingerprint density at radius 1 is 1.13 bits per heavy atom. The Hall–Kier alpha value is -2.62. The SMILES string of the molecule is C[C@H](C(=O)NC1CC1)n1nc(-c2ccccc2)c2ccccc21. The molecule has 1 aliphatic rings. The molecule has 116 valence electrons. The number of carbonyl (C=O) groups is 1. The molecule has 1 aliphatic carbocycles. The van der Waals surface area contributed by atoms with Crippen molar-refractivity contribution in [2.45, 2.75) is 31.8 Å². The molecule has 1 aromatic heterocycles. The number of amides is 1. The molecule has 2 aromatic carbocycles. The molecule has 0 spiro atoms. The highest BCUT2D eigenvalue weighted by atomic mass is 16.2. The van der Waals surface area contributed by atoms with Crippen molar-refractivity contribution in [1.29, 1.82) is 0 Å². The summed E-state index contributed by atoms with van der Waals surface area (Å²) in [6.07, 6.45) is 2.18. The van der Waals surface area contributed by atoms with Crippen molar-refractivity contribution in [1.82, 2.24) is 15.1 Å². The van der Waals surface area contributed by atoms with E-state index in [2.05, 4.69) is 11.4 Å². The van der Waals surface area contributed by atoms with Gasteiger partial charge in [-0.15, -0.1) is 0 Å². The number of aromatic nitrogens is 2. The van der Waals surface area contributed by atoms with Crippen molar-refractivity contribution in [3.8, 4) is 11.3 Å². The second kappa shape index (κ2) is 5.54. The van der Waals surface area contributed by atoms with E-state index in [1.165, 1.54) is 0 Å². The zero-order valence-corrected chi connectivity index (χ0v) is 13.1. The molecule has 1 atom stereocenters. The van der Waals surface area contributed by atoms with Crippen molar-refractivity contribution in [2.24, 2.45) is 0 Å². The predicted molar refractivity (Wildman–Crippen MR) is 91.0 cm³/mol. The van der Waals surface area contributed by atoms with Crippen molar-refractivity contribution < 1.29 is 4.79 Å². The van der Waals surface area contributed by atoms with Crippen LogP contribution in [0.25, 0.3) is 22.2 Å². The highest BCUT2D eigenvalue weighted by Gasteiger charge is 2.27. The van der Waals surface area contributed by atoms with Crippen molar-refractivity contribution in [3.05, 3.63) is 54.6 Å². The van der Waals surface area contributed by atoms with Gasteiger partial charge < -0.3 is 5.32 Å². The highest BCUT2D eigenvalue weighted by Crippen LogP contribution is 2.30. The van der Waals surface area contributed by atoms with E-state index in [1.807, 2.05) is 60.1 Å². The molecule has 0 radical (unpaired) electrons. The zero-order valence-electron chi connectivity index (χ0n) is 13.1. The maximum absolute atomic E-state index is 12.4. The van der Waals surface area contributed by atoms with Gasteiger partial charge in [-0.25, -0.2) is 0 Å². The van der Waals surface area contributed by atoms with E-state index in [0.717, 1.165) is 35.0 Å². The molecule has 0 unspecified atom stereocenters. The summed E-state index contributed by atoms with van der Waals surface area (Å²) in [7, 11) is 0. The van der Waals surface area contributed by atoms with E-state index in [9.17, 15) is 4.79 Å². The number of para-hydroxylation sites is 1. The third-order valence-corrected chi connectivity index (χ3v) is 4.33. The Morgan fingerprint density at radius 2 is 1.83 bits per heavy atom. The smallest absolute Gasteiger partial charge is 0.244 e. The summed E-state index contributed by atoms with van der Waals surface area (Å²) in [4.78, 5) is 12.4. The summed E-state index contributed by atoms with van der Waals surface area (Å²) in [5, 5.41) is 8.90. The fourth-order valence-corrected chi connectivity index (χ4v) is 2.85. The van der Waals surface area contributed by atoms with Gasteiger partial charge in [0.25, 0.3) is 0 Å². The molecule has 0 bridgehead atoms. The molecular weight excluding hydrogens is 286 g/mol. The van der Waals surface area contributed by atoms with Crippen LogP contribution in [0.2, 0.25) is 0 Å². The third kappa shape index (κ3) is 2.61. The zero-order chi connectivity index (χ0) is 15.8. The minimum Gasteiger partial charge on any atom is -0.352 e. The molecule has 0 aliphatic heterocycles. The van der Waals surface area contributed by atoms with E-state index < -0.39 is 0 Å². The maximum Gasteiger partial charge on any atom is 0.244 e. The van der Waals surface area contributed by atoms with Crippen molar-refractivity contribution in [2.75, 3.05) is 0 Å². The topological polar surface area (TPSA) is 46.9 Å². The first-order chi connectivity index (χ1) is 11.2. The van der Waals surface area contributed by atoms with Crippen molar-refractivity contribution in [3.63, 3.8) is 0 Å². The number of carbonyl (C=O) groups excluding carboxylic acids is 1. The number of nitrogens with one attached hydrogen (secondary N) is 1. The second-order valence-electron chi connectivity index (χ2n) is 6.14. The lowest BCUT2D eigenvalue weighted by Crippen LogP contribution is -2.32. The first-order valence-corrected chi connectivity index (χ1v) is 8.07. The van der Waals surface area contributed by atoms with Gasteiger partial charge in [0.05, 0.1) is 5.52 Å². The predicted octanol–water partition coefficient (Wildman–Crippen LogP) is 3.54. The van der Waals surface area contributed by atoms with Crippen LogP contribution in [-0.4, -0.2) is 21.7 Å². The van der Waals surface area contributed by atoms with Crippen LogP contribution >= 0.6 is 0 Å². The number of hydrogen-bond acceptors (Lipinski definition) is 2. The Morgan fingerprint density at radius 3 is 2.57 bits per heavy atom. The summed E-state index contributed by atoms with van der Waals surface area (Å²) in [6, 6.07) is 18.2. The summed E-state index contributed by atoms with van der Waals surface area (Å²) in [5.74, 6) is 0.0420. The van der Waals surface area contributed by atoms with Crippen LogP contribution < -0.4 is 5.32 Å². The van der Waals surface area contributed by atoms with E-state index >= 15 is 0 Å². The molecule has 3 aromatic rings. The van der Waals surface area contributed by atoms with Crippen LogP contribution in [0, 0.1) is 0 Å². The third-order valence-electron chi connectivity index (χ3n) is 4.33. The van der Waals surface area contributed by atoms with Gasteiger partial charge in [0.15, 0.2) is 0 Å². The van der Waals surface area contributed by atoms with E-state index in [0.29, 0.717) is 6.04 Å². The van der Waals surface area contributed by atoms with Crippen LogP contribution in [-0.2, 0) is 4.79 Å². The minimum atomic E-state index is -0.321. The normalized spacial score (nSPS) is 15.5. The second-order valence-corrected chi connectivity index (χ2v) is 6.14. The molecule has 0 saturated heterocycles. The number of nitrogens with zero attached hydrogens (tertiary/aromatic N) is 2. The molecule has 23 heavy (non-hydrogen) atoms. The van der Waals surface area contributed by atoms with Gasteiger partial charge >= 0.3 is 0 Å². The van der Waals surface area contributed by atoms with Crippen molar-refractivity contribution >= 4 is 16.8 Å². The first kappa shape index (κ1) is 14.0. The molecule has 1 N–H and O–H groups in total. The summed E-state index contributed by atoms with van der Waals surface area (Å²) in [6.45, 7) is 1.91. The maximum atomic E-state index is 12.4. The first-order valence-electron chi connectivity index (χ1n) is 8.07. The van der Waals surface area contributed by atoms with Crippen LogP contribution in [0.15, 0.2) is 54.6 Å². The van der Waals surface area contributed by atoms with Gasteiger partial charge in [-0.3, -0.25) is 9.48 Å². The average Bonchev–Trinajstić information content (AvgIpc) is 3.32. The summed E-state index contributed by atoms with van der Waals surface area (Å²) in [5.41, 5.74) is 2.98. The molecule has 1 fully saturated rings. The Labute approximate surface area is 135 Å². The van der Waals surface area contributed by atoms with Crippen LogP contribution in [0.5, 0.6) is 0 Å². The Kier molecular flexibility index (Phi) is 3.37. The number of hydrogen-bond donors (Lipinski definition) is 1. The van der Waals surface area contributed by atoms with Crippen LogP contribution in [0.4, 0.5) is 0 Å². The fourth-order valence-electron chi connectivity index (χ4n) is 2.85. The summed E-state index contributed by atoms with van der Waals surface area (Å²) >= 11 is 0. The van der Waals surface area contributed by atoms with E-state index in [-0.39, 0.29) is 11.9 Å². The lowest BCUT2D eigenvalue weighted by atomic mass is 10.1. The number of fused-ring (bicyclic) bond motifs is 1. The van der Waals surface area contributed by atoms with Gasteiger partial charge in [-0.1, -0.05) is 48.5 Å². The van der Waals surface area contributed by atoms with Gasteiger partial charge in [-0.2, -0.15) is 5.10 Å². The Bertz CT molecular complexity index is 849. The molecule has 1 saturated carbocycles. The minimum absolute atomic E-state index is 0.0420. The van der Waals surface area contributed by atoms with Gasteiger partial charge in [-0.05, 0) is 25.8 Å². The lowest BCUT2D eigenvalue weighted by Gasteiger charge is -2.13. The lowest BCUT2D eigenvalue weighted by molar-refractivity contribution is -0.124. The molecule has 1 amide bonds. The van der Waals surface area contributed by atoms with Gasteiger partial charge in [0.2, 0.25) is 5.91 Å². The molecular formula is C19H19N3O.